The fourth-order valence-corrected chi connectivity index (χ4v) is 1.52. The molecule has 0 spiro atoms. The molecule has 12 heavy (non-hydrogen) atoms. The molecule has 1 aliphatic rings. The van der Waals surface area contributed by atoms with Crippen LogP contribution in [0.1, 0.15) is 25.7 Å². The largest absolute Gasteiger partial charge is 0.370 e. The second-order valence-electron chi connectivity index (χ2n) is 3.24. The van der Waals surface area contributed by atoms with Crippen LogP contribution >= 0.6 is 0 Å². The maximum absolute atomic E-state index is 5.22. The lowest BCUT2D eigenvalue weighted by Gasteiger charge is -2.22. The van der Waals surface area contributed by atoms with Gasteiger partial charge in [0.1, 0.15) is 0 Å². The highest BCUT2D eigenvalue weighted by Gasteiger charge is 2.10. The van der Waals surface area contributed by atoms with E-state index in [1.807, 2.05) is 0 Å². The summed E-state index contributed by atoms with van der Waals surface area (Å²) in [6.45, 7) is 1.90. The van der Waals surface area contributed by atoms with E-state index >= 15 is 0 Å². The topological polar surface area (TPSA) is 76.4 Å². The van der Waals surface area contributed by atoms with E-state index in [1.165, 1.54) is 19.3 Å². The molecule has 0 saturated carbocycles. The summed E-state index contributed by atoms with van der Waals surface area (Å²) in [6, 6.07) is 0.627. The van der Waals surface area contributed by atoms with Gasteiger partial charge in [-0.3, -0.25) is 4.99 Å². The number of nitrogens with zero attached hydrogens (tertiary/aromatic N) is 1. The Bertz CT molecular complexity index is 145. The summed E-state index contributed by atoms with van der Waals surface area (Å²) in [5.74, 6) is 0.200. The van der Waals surface area contributed by atoms with Crippen LogP contribution in [-0.4, -0.2) is 25.1 Å². The van der Waals surface area contributed by atoms with Crippen molar-refractivity contribution in [2.75, 3.05) is 13.1 Å². The van der Waals surface area contributed by atoms with Crippen molar-refractivity contribution < 1.29 is 0 Å². The highest BCUT2D eigenvalue weighted by molar-refractivity contribution is 5.75. The van der Waals surface area contributed by atoms with E-state index in [0.717, 1.165) is 19.5 Å². The second kappa shape index (κ2) is 4.98. The van der Waals surface area contributed by atoms with Crippen molar-refractivity contribution in [3.63, 3.8) is 0 Å². The molecule has 4 nitrogen and oxygen atoms in total. The smallest absolute Gasteiger partial charge is 0.185 e. The number of nitrogens with two attached hydrogens (primary N) is 2. The molecule has 70 valence electrons. The Morgan fingerprint density at radius 3 is 2.83 bits per heavy atom. The van der Waals surface area contributed by atoms with Crippen molar-refractivity contribution in [2.45, 2.75) is 31.7 Å². The zero-order chi connectivity index (χ0) is 8.81. The Kier molecular flexibility index (Phi) is 3.87. The first-order chi connectivity index (χ1) is 5.79. The van der Waals surface area contributed by atoms with Gasteiger partial charge in [0.25, 0.3) is 0 Å². The Hall–Kier alpha value is -0.770. The summed E-state index contributed by atoms with van der Waals surface area (Å²) >= 11 is 0. The van der Waals surface area contributed by atoms with E-state index < -0.39 is 0 Å². The molecule has 1 fully saturated rings. The highest BCUT2D eigenvalue weighted by Crippen LogP contribution is 2.09. The first-order valence-corrected chi connectivity index (χ1v) is 4.58. The summed E-state index contributed by atoms with van der Waals surface area (Å²) in [4.78, 5) is 3.95. The molecule has 4 heteroatoms. The molecule has 0 aromatic heterocycles. The van der Waals surface area contributed by atoms with Crippen LogP contribution in [0.3, 0.4) is 0 Å². The molecular weight excluding hydrogens is 152 g/mol. The van der Waals surface area contributed by atoms with Crippen molar-refractivity contribution in [2.24, 2.45) is 16.5 Å². The minimum absolute atomic E-state index is 0.200. The van der Waals surface area contributed by atoms with Gasteiger partial charge in [-0.15, -0.1) is 0 Å². The van der Waals surface area contributed by atoms with Crippen molar-refractivity contribution in [1.82, 2.24) is 5.32 Å². The van der Waals surface area contributed by atoms with Crippen LogP contribution in [0.5, 0.6) is 0 Å². The van der Waals surface area contributed by atoms with Crippen LogP contribution < -0.4 is 16.8 Å². The molecule has 1 unspecified atom stereocenters. The number of nitrogens with one attached hydrogen (secondary N) is 1. The first kappa shape index (κ1) is 9.32. The summed E-state index contributed by atoms with van der Waals surface area (Å²) in [6.07, 6.45) is 4.95. The van der Waals surface area contributed by atoms with Crippen LogP contribution in [0.4, 0.5) is 0 Å². The quantitative estimate of drug-likeness (QED) is 0.405. The van der Waals surface area contributed by atoms with Crippen LogP contribution in [0.25, 0.3) is 0 Å². The molecule has 0 amide bonds. The van der Waals surface area contributed by atoms with Gasteiger partial charge in [0.15, 0.2) is 5.96 Å². The molecular formula is C8H18N4. The van der Waals surface area contributed by atoms with Gasteiger partial charge in [-0.25, -0.2) is 0 Å². The van der Waals surface area contributed by atoms with Gasteiger partial charge in [-0.2, -0.15) is 0 Å². The van der Waals surface area contributed by atoms with Crippen molar-refractivity contribution >= 4 is 5.96 Å². The molecule has 0 aromatic carbocycles. The summed E-state index contributed by atoms with van der Waals surface area (Å²) < 4.78 is 0. The molecule has 0 bridgehead atoms. The maximum Gasteiger partial charge on any atom is 0.185 e. The molecule has 0 radical (unpaired) electrons. The number of hydrogen-bond acceptors (Lipinski definition) is 2. The molecule has 0 aliphatic carbocycles. The third kappa shape index (κ3) is 3.57. The fraction of sp³-hybridized carbons (Fsp3) is 0.875. The van der Waals surface area contributed by atoms with Crippen LogP contribution in [0.2, 0.25) is 0 Å². The highest BCUT2D eigenvalue weighted by atomic mass is 15.0. The van der Waals surface area contributed by atoms with Crippen LogP contribution in [-0.2, 0) is 0 Å². The van der Waals surface area contributed by atoms with E-state index in [0.29, 0.717) is 6.04 Å². The van der Waals surface area contributed by atoms with E-state index in [1.54, 1.807) is 0 Å². The maximum atomic E-state index is 5.22. The predicted molar refractivity (Wildman–Crippen MR) is 50.9 cm³/mol. The monoisotopic (exact) mass is 170 g/mol. The Balaban J connectivity index is 2.09. The summed E-state index contributed by atoms with van der Waals surface area (Å²) in [5, 5.41) is 3.44. The lowest BCUT2D eigenvalue weighted by atomic mass is 10.0. The molecule has 1 saturated heterocycles. The third-order valence-electron chi connectivity index (χ3n) is 2.18. The number of aliphatic imine (C=N–C) groups is 1. The fourth-order valence-electron chi connectivity index (χ4n) is 1.52. The normalized spacial score (nSPS) is 23.5. The molecule has 1 rings (SSSR count). The SMILES string of the molecule is NC(N)=NCCC1CCCCN1. The number of hydrogen-bond donors (Lipinski definition) is 3. The molecule has 1 heterocycles. The van der Waals surface area contributed by atoms with Gasteiger partial charge in [-0.05, 0) is 25.8 Å². The van der Waals surface area contributed by atoms with Gasteiger partial charge in [0.2, 0.25) is 0 Å². The number of piperidine rings is 1. The van der Waals surface area contributed by atoms with E-state index in [-0.39, 0.29) is 5.96 Å². The third-order valence-corrected chi connectivity index (χ3v) is 2.18. The Labute approximate surface area is 73.4 Å². The van der Waals surface area contributed by atoms with E-state index in [2.05, 4.69) is 10.3 Å². The summed E-state index contributed by atoms with van der Waals surface area (Å²) in [7, 11) is 0. The second-order valence-corrected chi connectivity index (χ2v) is 3.24. The Morgan fingerprint density at radius 1 is 1.42 bits per heavy atom. The predicted octanol–water partition coefficient (Wildman–Crippen LogP) is -0.208. The lowest BCUT2D eigenvalue weighted by Crippen LogP contribution is -2.34. The Morgan fingerprint density at radius 2 is 2.25 bits per heavy atom. The lowest BCUT2D eigenvalue weighted by molar-refractivity contribution is 0.386. The standard InChI is InChI=1S/C8H18N4/c9-8(10)12-6-4-7-3-1-2-5-11-7/h7,11H,1-6H2,(H4,9,10,12). The van der Waals surface area contributed by atoms with Crippen molar-refractivity contribution in [1.29, 1.82) is 0 Å². The molecule has 5 N–H and O–H groups in total. The van der Waals surface area contributed by atoms with E-state index in [4.69, 9.17) is 11.5 Å². The van der Waals surface area contributed by atoms with E-state index in [9.17, 15) is 0 Å². The van der Waals surface area contributed by atoms with Crippen LogP contribution in [0, 0.1) is 0 Å². The molecule has 1 atom stereocenters. The number of rotatable bonds is 3. The van der Waals surface area contributed by atoms with Crippen molar-refractivity contribution in [3.05, 3.63) is 0 Å². The minimum Gasteiger partial charge on any atom is -0.370 e. The van der Waals surface area contributed by atoms with Gasteiger partial charge < -0.3 is 16.8 Å². The number of guanidine groups is 1. The van der Waals surface area contributed by atoms with Crippen LogP contribution in [0.15, 0.2) is 4.99 Å². The van der Waals surface area contributed by atoms with Gasteiger partial charge >= 0.3 is 0 Å². The van der Waals surface area contributed by atoms with Gasteiger partial charge in [-0.1, -0.05) is 6.42 Å². The molecule has 0 aromatic rings. The minimum atomic E-state index is 0.200. The summed E-state index contributed by atoms with van der Waals surface area (Å²) in [5.41, 5.74) is 10.4. The average Bonchev–Trinajstić information content (AvgIpc) is 2.05. The molecule has 1 aliphatic heterocycles. The zero-order valence-corrected chi connectivity index (χ0v) is 7.42. The van der Waals surface area contributed by atoms with Gasteiger partial charge in [0, 0.05) is 12.6 Å². The average molecular weight is 170 g/mol. The zero-order valence-electron chi connectivity index (χ0n) is 7.42. The van der Waals surface area contributed by atoms with Gasteiger partial charge in [0.05, 0.1) is 0 Å². The van der Waals surface area contributed by atoms with Crippen molar-refractivity contribution in [3.8, 4) is 0 Å². The first-order valence-electron chi connectivity index (χ1n) is 4.58.